The number of fused-ring (bicyclic) bond motifs is 1. The Morgan fingerprint density at radius 2 is 2.14 bits per heavy atom. The van der Waals surface area contributed by atoms with E-state index < -0.39 is 18.0 Å². The molecule has 1 aromatic heterocycles. The van der Waals surface area contributed by atoms with Crippen molar-refractivity contribution in [3.8, 4) is 0 Å². The molecule has 2 rings (SSSR count). The third-order valence-corrected chi connectivity index (χ3v) is 3.55. The summed E-state index contributed by atoms with van der Waals surface area (Å²) in [6.07, 6.45) is 1.04. The van der Waals surface area contributed by atoms with E-state index in [1.807, 2.05) is 35.1 Å². The van der Waals surface area contributed by atoms with E-state index in [0.29, 0.717) is 5.75 Å². The van der Waals surface area contributed by atoms with Gasteiger partial charge in [0.05, 0.1) is 16.8 Å². The maximum absolute atomic E-state index is 11.9. The first-order valence-corrected chi connectivity index (χ1v) is 7.84. The molecule has 2 N–H and O–H groups in total. The van der Waals surface area contributed by atoms with Crippen LogP contribution in [0.4, 0.5) is 0 Å². The monoisotopic (exact) mass is 307 g/mol. The zero-order valence-electron chi connectivity index (χ0n) is 11.9. The highest BCUT2D eigenvalue weighted by Crippen LogP contribution is 2.19. The number of imidazole rings is 1. The van der Waals surface area contributed by atoms with Crippen LogP contribution in [0.15, 0.2) is 24.3 Å². The second-order valence-electron chi connectivity index (χ2n) is 4.57. The molecular formula is C14H17N3O3S. The second kappa shape index (κ2) is 6.62. The molecule has 0 fully saturated rings. The molecular weight excluding hydrogens is 290 g/mol. The van der Waals surface area contributed by atoms with Crippen molar-refractivity contribution in [2.24, 2.45) is 5.73 Å². The van der Waals surface area contributed by atoms with E-state index in [1.165, 1.54) is 6.92 Å². The van der Waals surface area contributed by atoms with E-state index >= 15 is 0 Å². The van der Waals surface area contributed by atoms with Gasteiger partial charge in [-0.15, -0.1) is 0 Å². The number of carbonyl (C=O) groups excluding carboxylic acids is 2. The molecule has 0 unspecified atom stereocenters. The molecule has 112 valence electrons. The maximum Gasteiger partial charge on any atom is 0.326 e. The number of hydrogen-bond acceptors (Lipinski definition) is 5. The molecule has 0 spiro atoms. The Kier molecular flexibility index (Phi) is 4.85. The largest absolute Gasteiger partial charge is 0.451 e. The standard InChI is InChI=1S/C14H17N3O3S/c1-9(14(15)19)20-13(18)7-17-11-6-4-3-5-10(11)16-12(17)8-21-2/h3-6,9H,7-8H2,1-2H3,(H2,15,19)/t9-/m0/s1. The molecule has 1 amide bonds. The van der Waals surface area contributed by atoms with Gasteiger partial charge < -0.3 is 15.0 Å². The molecule has 21 heavy (non-hydrogen) atoms. The summed E-state index contributed by atoms with van der Waals surface area (Å²) in [5.41, 5.74) is 6.78. The smallest absolute Gasteiger partial charge is 0.326 e. The van der Waals surface area contributed by atoms with Crippen LogP contribution in [0.1, 0.15) is 12.7 Å². The summed E-state index contributed by atoms with van der Waals surface area (Å²) < 4.78 is 6.81. The number of carbonyl (C=O) groups is 2. The van der Waals surface area contributed by atoms with Crippen LogP contribution in [0.25, 0.3) is 11.0 Å². The summed E-state index contributed by atoms with van der Waals surface area (Å²) >= 11 is 1.62. The van der Waals surface area contributed by atoms with Crippen molar-refractivity contribution in [1.29, 1.82) is 0 Å². The summed E-state index contributed by atoms with van der Waals surface area (Å²) in [5, 5.41) is 0. The van der Waals surface area contributed by atoms with E-state index in [0.717, 1.165) is 16.9 Å². The number of hydrogen-bond donors (Lipinski definition) is 1. The molecule has 1 atom stereocenters. The van der Waals surface area contributed by atoms with Crippen LogP contribution in [0.2, 0.25) is 0 Å². The lowest BCUT2D eigenvalue weighted by Gasteiger charge is -2.12. The van der Waals surface area contributed by atoms with Crippen LogP contribution in [0.5, 0.6) is 0 Å². The molecule has 0 radical (unpaired) electrons. The van der Waals surface area contributed by atoms with E-state index in [9.17, 15) is 9.59 Å². The van der Waals surface area contributed by atoms with Crippen LogP contribution in [0, 0.1) is 0 Å². The Morgan fingerprint density at radius 1 is 1.43 bits per heavy atom. The van der Waals surface area contributed by atoms with E-state index in [1.54, 1.807) is 11.8 Å². The fourth-order valence-corrected chi connectivity index (χ4v) is 2.44. The van der Waals surface area contributed by atoms with Crippen LogP contribution in [-0.2, 0) is 26.6 Å². The van der Waals surface area contributed by atoms with Gasteiger partial charge in [0, 0.05) is 0 Å². The van der Waals surface area contributed by atoms with Crippen LogP contribution in [-0.4, -0.2) is 33.8 Å². The topological polar surface area (TPSA) is 87.2 Å². The lowest BCUT2D eigenvalue weighted by Crippen LogP contribution is -2.31. The lowest BCUT2D eigenvalue weighted by atomic mass is 10.3. The number of benzene rings is 1. The van der Waals surface area contributed by atoms with Crippen molar-refractivity contribution in [2.45, 2.75) is 25.3 Å². The number of thioether (sulfide) groups is 1. The van der Waals surface area contributed by atoms with Crippen molar-refractivity contribution in [3.05, 3.63) is 30.1 Å². The Balaban J connectivity index is 2.25. The van der Waals surface area contributed by atoms with Gasteiger partial charge in [-0.1, -0.05) is 12.1 Å². The Labute approximate surface area is 126 Å². The van der Waals surface area contributed by atoms with E-state index in [-0.39, 0.29) is 6.54 Å². The first-order valence-electron chi connectivity index (χ1n) is 6.44. The average molecular weight is 307 g/mol. The average Bonchev–Trinajstić information content (AvgIpc) is 2.77. The van der Waals surface area contributed by atoms with Gasteiger partial charge in [0.2, 0.25) is 0 Å². The van der Waals surface area contributed by atoms with Gasteiger partial charge in [0.25, 0.3) is 5.91 Å². The summed E-state index contributed by atoms with van der Waals surface area (Å²) in [5.74, 6) is 0.315. The van der Waals surface area contributed by atoms with Gasteiger partial charge in [-0.05, 0) is 25.3 Å². The third-order valence-electron chi connectivity index (χ3n) is 3.00. The number of amides is 1. The zero-order chi connectivity index (χ0) is 15.4. The number of nitrogens with zero attached hydrogens (tertiary/aromatic N) is 2. The summed E-state index contributed by atoms with van der Waals surface area (Å²) in [6, 6.07) is 7.58. The SMILES string of the molecule is CSCc1nc2ccccc2n1CC(=O)O[C@@H](C)C(N)=O. The minimum atomic E-state index is -0.934. The Hall–Kier alpha value is -2.02. The third kappa shape index (κ3) is 3.55. The molecule has 1 aromatic carbocycles. The number of primary amides is 1. The molecule has 0 aliphatic carbocycles. The molecule has 1 heterocycles. The maximum atomic E-state index is 11.9. The summed E-state index contributed by atoms with van der Waals surface area (Å²) in [4.78, 5) is 27.4. The second-order valence-corrected chi connectivity index (χ2v) is 5.44. The number of para-hydroxylation sites is 2. The van der Waals surface area contributed by atoms with Gasteiger partial charge in [-0.3, -0.25) is 9.59 Å². The van der Waals surface area contributed by atoms with Crippen LogP contribution < -0.4 is 5.73 Å². The molecule has 2 aromatic rings. The van der Waals surface area contributed by atoms with Crippen LogP contribution in [0.3, 0.4) is 0 Å². The zero-order valence-corrected chi connectivity index (χ0v) is 12.7. The minimum absolute atomic E-state index is 0.00796. The van der Waals surface area contributed by atoms with Gasteiger partial charge in [-0.2, -0.15) is 11.8 Å². The summed E-state index contributed by atoms with van der Waals surface area (Å²) in [6.45, 7) is 1.46. The normalized spacial score (nSPS) is 12.3. The number of rotatable bonds is 6. The van der Waals surface area contributed by atoms with Gasteiger partial charge in [-0.25, -0.2) is 4.98 Å². The molecule has 0 aliphatic rings. The minimum Gasteiger partial charge on any atom is -0.451 e. The molecule has 0 saturated carbocycles. The molecule has 0 bridgehead atoms. The lowest BCUT2D eigenvalue weighted by molar-refractivity contribution is -0.154. The Morgan fingerprint density at radius 3 is 2.81 bits per heavy atom. The number of nitrogens with two attached hydrogens (primary N) is 1. The first kappa shape index (κ1) is 15.4. The van der Waals surface area contributed by atoms with Crippen molar-refractivity contribution in [1.82, 2.24) is 9.55 Å². The van der Waals surface area contributed by atoms with Crippen molar-refractivity contribution in [3.63, 3.8) is 0 Å². The number of ether oxygens (including phenoxy) is 1. The first-order chi connectivity index (χ1) is 10.0. The van der Waals surface area contributed by atoms with E-state index in [2.05, 4.69) is 4.98 Å². The number of esters is 1. The molecule has 6 nitrogen and oxygen atoms in total. The molecule has 0 aliphatic heterocycles. The highest BCUT2D eigenvalue weighted by Gasteiger charge is 2.18. The highest BCUT2D eigenvalue weighted by atomic mass is 32.2. The van der Waals surface area contributed by atoms with Crippen molar-refractivity contribution in [2.75, 3.05) is 6.26 Å². The fraction of sp³-hybridized carbons (Fsp3) is 0.357. The van der Waals surface area contributed by atoms with Crippen molar-refractivity contribution < 1.29 is 14.3 Å². The Bertz CT molecular complexity index is 669. The predicted octanol–water partition coefficient (Wildman–Crippen LogP) is 1.32. The van der Waals surface area contributed by atoms with Crippen molar-refractivity contribution >= 4 is 34.7 Å². The van der Waals surface area contributed by atoms with E-state index in [4.69, 9.17) is 10.5 Å². The van der Waals surface area contributed by atoms with Crippen LogP contribution >= 0.6 is 11.8 Å². The van der Waals surface area contributed by atoms with Gasteiger partial charge in [0.15, 0.2) is 6.10 Å². The van der Waals surface area contributed by atoms with Gasteiger partial charge in [0.1, 0.15) is 12.4 Å². The summed E-state index contributed by atoms with van der Waals surface area (Å²) in [7, 11) is 0. The fourth-order valence-electron chi connectivity index (χ4n) is 1.96. The van der Waals surface area contributed by atoms with Gasteiger partial charge >= 0.3 is 5.97 Å². The molecule has 7 heteroatoms. The highest BCUT2D eigenvalue weighted by molar-refractivity contribution is 7.97. The number of aromatic nitrogens is 2. The quantitative estimate of drug-likeness (QED) is 0.813. The molecule has 0 saturated heterocycles. The predicted molar refractivity (Wildman–Crippen MR) is 81.7 cm³/mol.